The second-order valence-electron chi connectivity index (χ2n) is 10.9. The van der Waals surface area contributed by atoms with E-state index in [1.165, 1.54) is 0 Å². The van der Waals surface area contributed by atoms with Crippen molar-refractivity contribution in [2.75, 3.05) is 7.05 Å². The van der Waals surface area contributed by atoms with E-state index < -0.39 is 11.7 Å². The van der Waals surface area contributed by atoms with Crippen LogP contribution >= 0.6 is 0 Å². The molecule has 0 aliphatic carbocycles. The van der Waals surface area contributed by atoms with E-state index in [0.717, 1.165) is 5.69 Å². The topological polar surface area (TPSA) is 106 Å². The number of nitrogens with one attached hydrogen (secondary N) is 1. The molecule has 0 saturated heterocycles. The van der Waals surface area contributed by atoms with E-state index in [-0.39, 0.29) is 30.0 Å². The molecule has 1 N–H and O–H groups in total. The monoisotopic (exact) mass is 517 g/mol. The van der Waals surface area contributed by atoms with Crippen LogP contribution in [0.25, 0.3) is 17.2 Å². The lowest BCUT2D eigenvalue weighted by Gasteiger charge is -2.35. The minimum absolute atomic E-state index is 0.161. The van der Waals surface area contributed by atoms with Crippen LogP contribution in [0.5, 0.6) is 0 Å². The Morgan fingerprint density at radius 3 is 2.37 bits per heavy atom. The largest absolute Gasteiger partial charge is 0.444 e. The normalized spacial score (nSPS) is 15.3. The molecule has 0 unspecified atom stereocenters. The maximum Gasteiger partial charge on any atom is 0.410 e. The van der Waals surface area contributed by atoms with Crippen molar-refractivity contribution >= 4 is 12.0 Å². The molecule has 2 amide bonds. The predicted octanol–water partition coefficient (Wildman–Crippen LogP) is 4.46. The summed E-state index contributed by atoms with van der Waals surface area (Å²) >= 11 is 0. The first-order valence-electron chi connectivity index (χ1n) is 12.8. The number of hydrogen-bond donors (Lipinski definition) is 1. The van der Waals surface area contributed by atoms with Gasteiger partial charge < -0.3 is 10.1 Å². The molecule has 0 radical (unpaired) electrons. The fourth-order valence-electron chi connectivity index (χ4n) is 4.44. The van der Waals surface area contributed by atoms with Gasteiger partial charge in [-0.25, -0.2) is 14.8 Å². The lowest BCUT2D eigenvalue weighted by Crippen LogP contribution is -2.47. The average Bonchev–Trinajstić information content (AvgIpc) is 2.87. The van der Waals surface area contributed by atoms with Gasteiger partial charge in [-0.15, -0.1) is 0 Å². The predicted molar refractivity (Wildman–Crippen MR) is 145 cm³/mol. The second kappa shape index (κ2) is 10.4. The summed E-state index contributed by atoms with van der Waals surface area (Å²) in [6.45, 7) is 11.6. The van der Waals surface area contributed by atoms with E-state index in [9.17, 15) is 14.4 Å². The third-order valence-electron chi connectivity index (χ3n) is 6.45. The fourth-order valence-corrected chi connectivity index (χ4v) is 4.44. The molecular weight excluding hydrogens is 482 g/mol. The Bertz CT molecular complexity index is 1420. The standard InChI is InChI=1S/C29H35N5O4/c1-17(2)22-9-8-10-23(31-22)25-32-24-16-33(28(37)38-29(4,5)6)18(3)15-21(24)27(36)34(25)20-13-11-19(12-14-20)26(35)30-7/h8-14,17-18H,15-16H2,1-7H3,(H,30,35)/t18-/m1/s1. The van der Waals surface area contributed by atoms with Crippen LogP contribution in [0.2, 0.25) is 0 Å². The summed E-state index contributed by atoms with van der Waals surface area (Å²) in [5.74, 6) is 0.348. The molecule has 9 nitrogen and oxygen atoms in total. The molecule has 1 aromatic carbocycles. The minimum Gasteiger partial charge on any atom is -0.444 e. The Labute approximate surface area is 222 Å². The van der Waals surface area contributed by atoms with Crippen molar-refractivity contribution in [3.63, 3.8) is 0 Å². The summed E-state index contributed by atoms with van der Waals surface area (Å²) in [7, 11) is 1.57. The summed E-state index contributed by atoms with van der Waals surface area (Å²) < 4.78 is 7.16. The smallest absolute Gasteiger partial charge is 0.410 e. The van der Waals surface area contributed by atoms with Gasteiger partial charge in [0.2, 0.25) is 0 Å². The molecule has 0 bridgehead atoms. The molecular formula is C29H35N5O4. The van der Waals surface area contributed by atoms with Crippen molar-refractivity contribution in [1.29, 1.82) is 0 Å². The summed E-state index contributed by atoms with van der Waals surface area (Å²) in [5, 5.41) is 2.61. The number of carbonyl (C=O) groups is 2. The number of nitrogens with zero attached hydrogens (tertiary/aromatic N) is 4. The minimum atomic E-state index is -0.638. The van der Waals surface area contributed by atoms with Crippen LogP contribution in [-0.2, 0) is 17.7 Å². The number of pyridine rings is 1. The first-order chi connectivity index (χ1) is 17.9. The van der Waals surface area contributed by atoms with Crippen LogP contribution in [-0.4, -0.2) is 50.1 Å². The lowest BCUT2D eigenvalue weighted by atomic mass is 9.99. The quantitative estimate of drug-likeness (QED) is 0.548. The van der Waals surface area contributed by atoms with Crippen LogP contribution in [0.15, 0.2) is 47.3 Å². The number of benzene rings is 1. The second-order valence-corrected chi connectivity index (χ2v) is 10.9. The van der Waals surface area contributed by atoms with Crippen molar-refractivity contribution in [3.05, 3.63) is 75.3 Å². The molecule has 38 heavy (non-hydrogen) atoms. The highest BCUT2D eigenvalue weighted by atomic mass is 16.6. The molecule has 4 rings (SSSR count). The number of carbonyl (C=O) groups excluding carboxylic acids is 2. The first kappa shape index (κ1) is 27.0. The number of fused-ring (bicyclic) bond motifs is 1. The van der Waals surface area contributed by atoms with E-state index in [4.69, 9.17) is 14.7 Å². The SMILES string of the molecule is CNC(=O)c1ccc(-n2c(-c3cccc(C(C)C)n3)nc3c(c2=O)C[C@@H](C)N(C(=O)OC(C)(C)C)C3)cc1. The Morgan fingerprint density at radius 1 is 1.08 bits per heavy atom. The molecule has 3 heterocycles. The van der Waals surface area contributed by atoms with Gasteiger partial charge in [-0.1, -0.05) is 19.9 Å². The number of ether oxygens (including phenoxy) is 1. The van der Waals surface area contributed by atoms with Gasteiger partial charge in [0.05, 0.1) is 17.9 Å². The highest BCUT2D eigenvalue weighted by Gasteiger charge is 2.34. The van der Waals surface area contributed by atoms with Gasteiger partial charge in [0.1, 0.15) is 11.3 Å². The van der Waals surface area contributed by atoms with Crippen molar-refractivity contribution < 1.29 is 14.3 Å². The lowest BCUT2D eigenvalue weighted by molar-refractivity contribution is 0.0133. The molecule has 0 fully saturated rings. The zero-order valence-corrected chi connectivity index (χ0v) is 23.0. The molecule has 200 valence electrons. The summed E-state index contributed by atoms with van der Waals surface area (Å²) in [4.78, 5) is 50.4. The number of aromatic nitrogens is 3. The van der Waals surface area contributed by atoms with E-state index in [1.54, 1.807) is 40.8 Å². The van der Waals surface area contributed by atoms with Crippen LogP contribution in [0, 0.1) is 0 Å². The van der Waals surface area contributed by atoms with Crippen LogP contribution in [0.3, 0.4) is 0 Å². The van der Waals surface area contributed by atoms with Gasteiger partial charge in [0.25, 0.3) is 11.5 Å². The molecule has 1 aliphatic rings. The van der Waals surface area contributed by atoms with Crippen LogP contribution in [0.4, 0.5) is 4.79 Å². The van der Waals surface area contributed by atoms with Crippen molar-refractivity contribution in [2.24, 2.45) is 0 Å². The van der Waals surface area contributed by atoms with Gasteiger partial charge in [-0.05, 0) is 70.0 Å². The van der Waals surface area contributed by atoms with E-state index >= 15 is 0 Å². The van der Waals surface area contributed by atoms with Crippen LogP contribution in [0.1, 0.15) is 74.8 Å². The molecule has 1 atom stereocenters. The number of hydrogen-bond acceptors (Lipinski definition) is 6. The van der Waals surface area contributed by atoms with Gasteiger partial charge in [0, 0.05) is 36.3 Å². The molecule has 3 aromatic rings. The molecule has 1 aliphatic heterocycles. The summed E-state index contributed by atoms with van der Waals surface area (Å²) in [5.41, 5.74) is 2.71. The van der Waals surface area contributed by atoms with Gasteiger partial charge in [-0.2, -0.15) is 0 Å². The third-order valence-corrected chi connectivity index (χ3v) is 6.45. The Kier molecular flexibility index (Phi) is 7.40. The summed E-state index contributed by atoms with van der Waals surface area (Å²) in [6, 6.07) is 12.2. The van der Waals surface area contributed by atoms with E-state index in [0.29, 0.717) is 40.4 Å². The highest BCUT2D eigenvalue weighted by Crippen LogP contribution is 2.27. The van der Waals surface area contributed by atoms with Crippen LogP contribution < -0.4 is 10.9 Å². The van der Waals surface area contributed by atoms with Gasteiger partial charge >= 0.3 is 6.09 Å². The molecule has 9 heteroatoms. The van der Waals surface area contributed by atoms with Gasteiger partial charge in [0.15, 0.2) is 5.82 Å². The first-order valence-corrected chi connectivity index (χ1v) is 12.8. The van der Waals surface area contributed by atoms with Crippen molar-refractivity contribution in [2.45, 2.75) is 72.1 Å². The zero-order valence-electron chi connectivity index (χ0n) is 23.0. The molecule has 0 saturated carbocycles. The maximum atomic E-state index is 14.0. The average molecular weight is 518 g/mol. The maximum absolute atomic E-state index is 14.0. The van der Waals surface area contributed by atoms with E-state index in [2.05, 4.69) is 19.2 Å². The summed E-state index contributed by atoms with van der Waals surface area (Å²) in [6.07, 6.45) is -0.0934. The molecule has 2 aromatic heterocycles. The van der Waals surface area contributed by atoms with Gasteiger partial charge in [-0.3, -0.25) is 19.1 Å². The van der Waals surface area contributed by atoms with Crippen molar-refractivity contribution in [3.8, 4) is 17.2 Å². The Hall–Kier alpha value is -4.01. The molecule has 0 spiro atoms. The number of rotatable bonds is 4. The Morgan fingerprint density at radius 2 is 1.76 bits per heavy atom. The fraction of sp³-hybridized carbons (Fsp3) is 0.414. The third kappa shape index (κ3) is 5.46. The van der Waals surface area contributed by atoms with E-state index in [1.807, 2.05) is 45.9 Å². The zero-order chi connectivity index (χ0) is 27.8. The Balaban J connectivity index is 1.89. The van der Waals surface area contributed by atoms with Crippen molar-refractivity contribution in [1.82, 2.24) is 24.8 Å². The number of amides is 2. The highest BCUT2D eigenvalue weighted by molar-refractivity contribution is 5.94.